The fourth-order valence-corrected chi connectivity index (χ4v) is 4.35. The van der Waals surface area contributed by atoms with Crippen molar-refractivity contribution in [2.24, 2.45) is 0 Å². The van der Waals surface area contributed by atoms with Gasteiger partial charge in [0, 0.05) is 38.8 Å². The number of rotatable bonds is 10. The molecular weight excluding hydrogens is 444 g/mol. The van der Waals surface area contributed by atoms with Crippen LogP contribution in [0.25, 0.3) is 0 Å². The van der Waals surface area contributed by atoms with E-state index in [2.05, 4.69) is 10.2 Å². The largest absolute Gasteiger partial charge is 0.481 e. The summed E-state index contributed by atoms with van der Waals surface area (Å²) in [5, 5.41) is 21.4. The second-order valence-corrected chi connectivity index (χ2v) is 8.20. The Labute approximate surface area is 197 Å². The minimum Gasteiger partial charge on any atom is -0.481 e. The Morgan fingerprint density at radius 1 is 1.26 bits per heavy atom. The predicted molar refractivity (Wildman–Crippen MR) is 125 cm³/mol. The number of carboxylic acid groups (broad SMARTS) is 1. The first kappa shape index (κ1) is 25.4. The van der Waals surface area contributed by atoms with Gasteiger partial charge < -0.3 is 24.8 Å². The SMILES string of the molecule is CCN(c1cc(F)c(C(COC)CC(=O)O)cc1Nc1ccc(C#N)cc1F)C1CCOCC1. The van der Waals surface area contributed by atoms with Crippen LogP contribution < -0.4 is 10.2 Å². The molecule has 2 aromatic carbocycles. The molecule has 2 aromatic rings. The van der Waals surface area contributed by atoms with Gasteiger partial charge in [-0.25, -0.2) is 8.78 Å². The van der Waals surface area contributed by atoms with E-state index in [4.69, 9.17) is 14.7 Å². The Balaban J connectivity index is 2.10. The number of nitrogens with zero attached hydrogens (tertiary/aromatic N) is 2. The zero-order valence-electron chi connectivity index (χ0n) is 19.3. The van der Waals surface area contributed by atoms with Crippen molar-refractivity contribution < 1.29 is 28.2 Å². The lowest BCUT2D eigenvalue weighted by molar-refractivity contribution is -0.137. The second kappa shape index (κ2) is 11.8. The van der Waals surface area contributed by atoms with Crippen LogP contribution in [0, 0.1) is 23.0 Å². The molecule has 3 rings (SSSR count). The molecule has 9 heteroatoms. The molecule has 1 aliphatic rings. The van der Waals surface area contributed by atoms with Gasteiger partial charge in [0.15, 0.2) is 0 Å². The molecule has 2 N–H and O–H groups in total. The normalized spacial score (nSPS) is 14.9. The van der Waals surface area contributed by atoms with Crippen LogP contribution in [-0.4, -0.2) is 50.6 Å². The Bertz CT molecular complexity index is 1050. The quantitative estimate of drug-likeness (QED) is 0.512. The highest BCUT2D eigenvalue weighted by molar-refractivity contribution is 5.77. The van der Waals surface area contributed by atoms with Gasteiger partial charge in [-0.05, 0) is 55.7 Å². The predicted octanol–water partition coefficient (Wildman–Crippen LogP) is 4.79. The van der Waals surface area contributed by atoms with Crippen LogP contribution in [0.3, 0.4) is 0 Å². The standard InChI is InChI=1S/C25H29F2N3O4/c1-3-30(18-6-8-34-9-7-18)24-13-20(26)19(17(15-33-2)11-25(31)32)12-23(24)29-22-5-4-16(14-28)10-21(22)27/h4-5,10,12-13,17-18,29H,3,6-9,11,15H2,1-2H3,(H,31,32). The molecule has 1 unspecified atom stereocenters. The molecule has 0 aliphatic carbocycles. The number of hydrogen-bond acceptors (Lipinski definition) is 6. The summed E-state index contributed by atoms with van der Waals surface area (Å²) in [7, 11) is 1.43. The van der Waals surface area contributed by atoms with Crippen LogP contribution in [0.2, 0.25) is 0 Å². The first-order valence-corrected chi connectivity index (χ1v) is 11.2. The van der Waals surface area contributed by atoms with E-state index in [0.717, 1.165) is 18.9 Å². The molecule has 0 saturated carbocycles. The van der Waals surface area contributed by atoms with Crippen LogP contribution >= 0.6 is 0 Å². The van der Waals surface area contributed by atoms with Gasteiger partial charge in [0.2, 0.25) is 0 Å². The van der Waals surface area contributed by atoms with E-state index in [1.807, 2.05) is 13.0 Å². The summed E-state index contributed by atoms with van der Waals surface area (Å²) in [6.45, 7) is 3.77. The van der Waals surface area contributed by atoms with Crippen molar-refractivity contribution in [3.8, 4) is 6.07 Å². The van der Waals surface area contributed by atoms with E-state index in [1.54, 1.807) is 0 Å². The maximum Gasteiger partial charge on any atom is 0.304 e. The lowest BCUT2D eigenvalue weighted by Gasteiger charge is -2.37. The molecule has 0 spiro atoms. The lowest BCUT2D eigenvalue weighted by atomic mass is 9.94. The molecule has 34 heavy (non-hydrogen) atoms. The highest BCUT2D eigenvalue weighted by atomic mass is 19.1. The molecule has 0 amide bonds. The van der Waals surface area contributed by atoms with Gasteiger partial charge in [-0.1, -0.05) is 0 Å². The van der Waals surface area contributed by atoms with Crippen LogP contribution in [0.4, 0.5) is 25.8 Å². The van der Waals surface area contributed by atoms with Crippen molar-refractivity contribution in [1.82, 2.24) is 0 Å². The molecule has 1 heterocycles. The van der Waals surface area contributed by atoms with E-state index >= 15 is 4.39 Å². The second-order valence-electron chi connectivity index (χ2n) is 8.20. The number of carbonyl (C=O) groups is 1. The highest BCUT2D eigenvalue weighted by Gasteiger charge is 2.27. The number of aliphatic carboxylic acids is 1. The number of carboxylic acids is 1. The molecule has 182 valence electrons. The molecule has 0 radical (unpaired) electrons. The molecular formula is C25H29F2N3O4. The summed E-state index contributed by atoms with van der Waals surface area (Å²) in [6, 6.07) is 9.00. The fraction of sp³-hybridized carbons (Fsp3) is 0.440. The maximum absolute atomic E-state index is 15.4. The number of ether oxygens (including phenoxy) is 2. The third kappa shape index (κ3) is 6.01. The Kier molecular flexibility index (Phi) is 8.79. The van der Waals surface area contributed by atoms with Crippen LogP contribution in [0.15, 0.2) is 30.3 Å². The minimum atomic E-state index is -1.07. The topological polar surface area (TPSA) is 94.8 Å². The molecule has 0 aromatic heterocycles. The average Bonchev–Trinajstić information content (AvgIpc) is 2.82. The summed E-state index contributed by atoms with van der Waals surface area (Å²) >= 11 is 0. The third-order valence-corrected chi connectivity index (χ3v) is 5.99. The van der Waals surface area contributed by atoms with Gasteiger partial charge in [-0.2, -0.15) is 5.26 Å². The Morgan fingerprint density at radius 2 is 2.00 bits per heavy atom. The summed E-state index contributed by atoms with van der Waals surface area (Å²) in [5.41, 5.74) is 1.47. The maximum atomic E-state index is 15.4. The van der Waals surface area contributed by atoms with E-state index in [-0.39, 0.29) is 35.9 Å². The number of anilines is 3. The number of halogens is 2. The number of hydrogen-bond donors (Lipinski definition) is 2. The Hall–Kier alpha value is -3.22. The van der Waals surface area contributed by atoms with Gasteiger partial charge in [-0.15, -0.1) is 0 Å². The first-order valence-electron chi connectivity index (χ1n) is 11.2. The molecule has 1 aliphatic heterocycles. The summed E-state index contributed by atoms with van der Waals surface area (Å²) in [5.74, 6) is -2.96. The van der Waals surface area contributed by atoms with E-state index in [9.17, 15) is 14.3 Å². The van der Waals surface area contributed by atoms with Crippen molar-refractivity contribution in [2.75, 3.05) is 43.7 Å². The third-order valence-electron chi connectivity index (χ3n) is 5.99. The van der Waals surface area contributed by atoms with Gasteiger partial charge in [0.1, 0.15) is 11.6 Å². The van der Waals surface area contributed by atoms with Gasteiger partial charge in [-0.3, -0.25) is 4.79 Å². The zero-order chi connectivity index (χ0) is 24.7. The van der Waals surface area contributed by atoms with Crippen LogP contribution in [-0.2, 0) is 14.3 Å². The van der Waals surface area contributed by atoms with Crippen molar-refractivity contribution in [3.63, 3.8) is 0 Å². The summed E-state index contributed by atoms with van der Waals surface area (Å²) < 4.78 is 40.7. The van der Waals surface area contributed by atoms with Crippen molar-refractivity contribution >= 4 is 23.0 Å². The number of methoxy groups -OCH3 is 1. The van der Waals surface area contributed by atoms with Gasteiger partial charge in [0.05, 0.1) is 41.7 Å². The molecule has 1 saturated heterocycles. The van der Waals surface area contributed by atoms with Crippen LogP contribution in [0.1, 0.15) is 43.2 Å². The molecule has 0 bridgehead atoms. The van der Waals surface area contributed by atoms with Crippen molar-refractivity contribution in [3.05, 3.63) is 53.1 Å². The number of benzene rings is 2. The first-order chi connectivity index (χ1) is 16.4. The van der Waals surface area contributed by atoms with E-state index in [1.165, 1.54) is 31.4 Å². The molecule has 1 atom stereocenters. The van der Waals surface area contributed by atoms with Crippen molar-refractivity contribution in [1.29, 1.82) is 5.26 Å². The number of nitrogens with one attached hydrogen (secondary N) is 1. The van der Waals surface area contributed by atoms with Gasteiger partial charge >= 0.3 is 5.97 Å². The van der Waals surface area contributed by atoms with Crippen molar-refractivity contribution in [2.45, 2.75) is 38.1 Å². The summed E-state index contributed by atoms with van der Waals surface area (Å²) in [4.78, 5) is 13.4. The highest BCUT2D eigenvalue weighted by Crippen LogP contribution is 2.38. The van der Waals surface area contributed by atoms with Gasteiger partial charge in [0.25, 0.3) is 0 Å². The zero-order valence-corrected chi connectivity index (χ0v) is 19.3. The fourth-order valence-electron chi connectivity index (χ4n) is 4.35. The van der Waals surface area contributed by atoms with E-state index < -0.39 is 23.5 Å². The monoisotopic (exact) mass is 473 g/mol. The smallest absolute Gasteiger partial charge is 0.304 e. The summed E-state index contributed by atoms with van der Waals surface area (Å²) in [6.07, 6.45) is 1.23. The van der Waals surface area contributed by atoms with Crippen LogP contribution in [0.5, 0.6) is 0 Å². The number of nitriles is 1. The lowest BCUT2D eigenvalue weighted by Crippen LogP contribution is -2.39. The van der Waals surface area contributed by atoms with E-state index in [0.29, 0.717) is 31.1 Å². The molecule has 7 nitrogen and oxygen atoms in total. The Morgan fingerprint density at radius 3 is 2.59 bits per heavy atom. The minimum absolute atomic E-state index is 0.0185. The average molecular weight is 474 g/mol. The molecule has 1 fully saturated rings.